The van der Waals surface area contributed by atoms with Gasteiger partial charge >= 0.3 is 0 Å². The van der Waals surface area contributed by atoms with Crippen LogP contribution >= 0.6 is 0 Å². The first-order valence-electron chi connectivity index (χ1n) is 8.37. The number of piperazine rings is 1. The van der Waals surface area contributed by atoms with E-state index in [1.807, 2.05) is 18.7 Å². The predicted molar refractivity (Wildman–Crippen MR) is 84.1 cm³/mol. The molecule has 122 valence electrons. The van der Waals surface area contributed by atoms with Crippen molar-refractivity contribution in [2.24, 2.45) is 5.92 Å². The molecule has 0 saturated carbocycles. The van der Waals surface area contributed by atoms with E-state index in [4.69, 9.17) is 0 Å². The standard InChI is InChI=1S/C16H31N3O2/c1-16(2,21)13-18-9-11-19(12-10-18)15(20)4-3-14-5-7-17-8-6-14/h14,17,21H,3-13H2,1-2H3. The summed E-state index contributed by atoms with van der Waals surface area (Å²) in [5.41, 5.74) is -0.652. The van der Waals surface area contributed by atoms with Crippen molar-refractivity contribution in [3.63, 3.8) is 0 Å². The number of piperidine rings is 1. The number of carbonyl (C=O) groups is 1. The molecular formula is C16H31N3O2. The normalized spacial score (nSPS) is 22.5. The molecule has 2 N–H and O–H groups in total. The Morgan fingerprint density at radius 1 is 1.19 bits per heavy atom. The van der Waals surface area contributed by atoms with Crippen molar-refractivity contribution < 1.29 is 9.90 Å². The number of carbonyl (C=O) groups excluding carboxylic acids is 1. The predicted octanol–water partition coefficient (Wildman–Crippen LogP) is 0.681. The smallest absolute Gasteiger partial charge is 0.222 e. The molecule has 2 fully saturated rings. The van der Waals surface area contributed by atoms with E-state index in [0.717, 1.165) is 51.6 Å². The van der Waals surface area contributed by atoms with Gasteiger partial charge in [0.05, 0.1) is 5.60 Å². The third kappa shape index (κ3) is 5.93. The molecule has 0 bridgehead atoms. The highest BCUT2D eigenvalue weighted by molar-refractivity contribution is 5.76. The molecule has 2 aliphatic heterocycles. The largest absolute Gasteiger partial charge is 0.389 e. The third-order valence-electron chi connectivity index (χ3n) is 4.56. The molecule has 5 nitrogen and oxygen atoms in total. The van der Waals surface area contributed by atoms with Gasteiger partial charge in [-0.05, 0) is 52.1 Å². The van der Waals surface area contributed by atoms with Crippen molar-refractivity contribution in [3.8, 4) is 0 Å². The lowest BCUT2D eigenvalue weighted by molar-refractivity contribution is -0.133. The van der Waals surface area contributed by atoms with Crippen LogP contribution in [0.1, 0.15) is 39.5 Å². The van der Waals surface area contributed by atoms with E-state index in [-0.39, 0.29) is 0 Å². The average Bonchev–Trinajstić information content (AvgIpc) is 2.45. The average molecular weight is 297 g/mol. The monoisotopic (exact) mass is 297 g/mol. The Hall–Kier alpha value is -0.650. The zero-order valence-corrected chi connectivity index (χ0v) is 13.6. The molecule has 0 atom stereocenters. The molecule has 2 rings (SSSR count). The quantitative estimate of drug-likeness (QED) is 0.784. The number of nitrogens with one attached hydrogen (secondary N) is 1. The zero-order valence-electron chi connectivity index (χ0n) is 13.6. The Kier molecular flexibility index (Phi) is 6.02. The van der Waals surface area contributed by atoms with E-state index in [0.29, 0.717) is 18.9 Å². The highest BCUT2D eigenvalue weighted by Gasteiger charge is 2.25. The van der Waals surface area contributed by atoms with Gasteiger partial charge in [0.2, 0.25) is 5.91 Å². The fraction of sp³-hybridized carbons (Fsp3) is 0.938. The molecule has 0 aromatic carbocycles. The van der Waals surface area contributed by atoms with Crippen LogP contribution in [-0.4, -0.2) is 72.2 Å². The van der Waals surface area contributed by atoms with Crippen molar-refractivity contribution in [3.05, 3.63) is 0 Å². The van der Waals surface area contributed by atoms with Crippen molar-refractivity contribution >= 4 is 5.91 Å². The Balaban J connectivity index is 1.65. The molecule has 1 amide bonds. The number of nitrogens with zero attached hydrogens (tertiary/aromatic N) is 2. The molecule has 2 saturated heterocycles. The summed E-state index contributed by atoms with van der Waals surface area (Å²) in [4.78, 5) is 16.5. The zero-order chi connectivity index (χ0) is 15.3. The van der Waals surface area contributed by atoms with Crippen LogP contribution in [0.3, 0.4) is 0 Å². The molecule has 21 heavy (non-hydrogen) atoms. The second-order valence-corrected chi connectivity index (χ2v) is 7.20. The molecule has 0 radical (unpaired) electrons. The maximum atomic E-state index is 12.3. The van der Waals surface area contributed by atoms with Gasteiger partial charge in [0.25, 0.3) is 0 Å². The van der Waals surface area contributed by atoms with Crippen LogP contribution in [0.2, 0.25) is 0 Å². The van der Waals surface area contributed by atoms with Crippen LogP contribution in [0, 0.1) is 5.92 Å². The summed E-state index contributed by atoms with van der Waals surface area (Å²) < 4.78 is 0. The summed E-state index contributed by atoms with van der Waals surface area (Å²) in [6.45, 7) is 9.94. The first-order chi connectivity index (χ1) is 9.94. The Bertz CT molecular complexity index is 327. The van der Waals surface area contributed by atoms with Gasteiger partial charge in [-0.2, -0.15) is 0 Å². The number of β-amino-alcohol motifs (C(OH)–C–C–N with tert-alkyl or cyclic N) is 1. The van der Waals surface area contributed by atoms with Crippen LogP contribution in [0.4, 0.5) is 0 Å². The second-order valence-electron chi connectivity index (χ2n) is 7.20. The molecule has 2 aliphatic rings. The SMILES string of the molecule is CC(C)(O)CN1CCN(C(=O)CCC2CCNCC2)CC1. The van der Waals surface area contributed by atoms with Gasteiger partial charge in [0.15, 0.2) is 0 Å². The van der Waals surface area contributed by atoms with Crippen molar-refractivity contribution in [2.75, 3.05) is 45.8 Å². The van der Waals surface area contributed by atoms with Gasteiger partial charge in [0, 0.05) is 39.1 Å². The van der Waals surface area contributed by atoms with Gasteiger partial charge in [-0.15, -0.1) is 0 Å². The fourth-order valence-electron chi connectivity index (χ4n) is 3.36. The molecule has 0 unspecified atom stereocenters. The first-order valence-corrected chi connectivity index (χ1v) is 8.37. The summed E-state index contributed by atoms with van der Waals surface area (Å²) in [5.74, 6) is 1.04. The first kappa shape index (κ1) is 16.7. The Labute approximate surface area is 128 Å². The van der Waals surface area contributed by atoms with E-state index in [2.05, 4.69) is 10.2 Å². The van der Waals surface area contributed by atoms with E-state index in [1.54, 1.807) is 0 Å². The highest BCUT2D eigenvalue weighted by atomic mass is 16.3. The van der Waals surface area contributed by atoms with Crippen LogP contribution in [0.15, 0.2) is 0 Å². The summed E-state index contributed by atoms with van der Waals surface area (Å²) in [6, 6.07) is 0. The molecule has 2 heterocycles. The van der Waals surface area contributed by atoms with Crippen LogP contribution < -0.4 is 5.32 Å². The summed E-state index contributed by atoms with van der Waals surface area (Å²) in [6.07, 6.45) is 4.18. The van der Waals surface area contributed by atoms with E-state index >= 15 is 0 Å². The summed E-state index contributed by atoms with van der Waals surface area (Å²) in [7, 11) is 0. The minimum absolute atomic E-state index is 0.316. The van der Waals surface area contributed by atoms with Gasteiger partial charge in [-0.25, -0.2) is 0 Å². The lowest BCUT2D eigenvalue weighted by atomic mass is 9.93. The number of hydrogen-bond acceptors (Lipinski definition) is 4. The number of rotatable bonds is 5. The third-order valence-corrected chi connectivity index (χ3v) is 4.56. The van der Waals surface area contributed by atoms with E-state index in [9.17, 15) is 9.90 Å². The lowest BCUT2D eigenvalue weighted by Gasteiger charge is -2.37. The molecule has 0 aromatic heterocycles. The van der Waals surface area contributed by atoms with E-state index in [1.165, 1.54) is 12.8 Å². The topological polar surface area (TPSA) is 55.8 Å². The van der Waals surface area contributed by atoms with Gasteiger partial charge < -0.3 is 15.3 Å². The molecule has 0 aromatic rings. The van der Waals surface area contributed by atoms with Gasteiger partial charge in [0.1, 0.15) is 0 Å². The number of hydrogen-bond donors (Lipinski definition) is 2. The summed E-state index contributed by atoms with van der Waals surface area (Å²) in [5, 5.41) is 13.2. The Morgan fingerprint density at radius 2 is 1.81 bits per heavy atom. The number of aliphatic hydroxyl groups is 1. The van der Waals surface area contributed by atoms with E-state index < -0.39 is 5.60 Å². The molecular weight excluding hydrogens is 266 g/mol. The molecule has 0 spiro atoms. The van der Waals surface area contributed by atoms with Gasteiger partial charge in [-0.1, -0.05) is 0 Å². The molecule has 5 heteroatoms. The number of amides is 1. The maximum Gasteiger partial charge on any atom is 0.222 e. The van der Waals surface area contributed by atoms with Crippen molar-refractivity contribution in [2.45, 2.75) is 45.1 Å². The minimum atomic E-state index is -0.652. The maximum absolute atomic E-state index is 12.3. The van der Waals surface area contributed by atoms with Crippen molar-refractivity contribution in [1.82, 2.24) is 15.1 Å². The molecule has 0 aliphatic carbocycles. The highest BCUT2D eigenvalue weighted by Crippen LogP contribution is 2.19. The minimum Gasteiger partial charge on any atom is -0.389 e. The lowest BCUT2D eigenvalue weighted by Crippen LogP contribution is -2.52. The fourth-order valence-corrected chi connectivity index (χ4v) is 3.36. The Morgan fingerprint density at radius 3 is 2.38 bits per heavy atom. The van der Waals surface area contributed by atoms with Crippen LogP contribution in [-0.2, 0) is 4.79 Å². The summed E-state index contributed by atoms with van der Waals surface area (Å²) >= 11 is 0. The van der Waals surface area contributed by atoms with Crippen LogP contribution in [0.25, 0.3) is 0 Å². The van der Waals surface area contributed by atoms with Gasteiger partial charge in [-0.3, -0.25) is 9.69 Å². The second kappa shape index (κ2) is 7.56. The van der Waals surface area contributed by atoms with Crippen molar-refractivity contribution in [1.29, 1.82) is 0 Å². The van der Waals surface area contributed by atoms with Crippen LogP contribution in [0.5, 0.6) is 0 Å².